The Morgan fingerprint density at radius 1 is 1.06 bits per heavy atom. The highest BCUT2D eigenvalue weighted by atomic mass is 16.5. The van der Waals surface area contributed by atoms with Crippen molar-refractivity contribution in [1.82, 2.24) is 20.9 Å². The van der Waals surface area contributed by atoms with Gasteiger partial charge < -0.3 is 20.7 Å². The quantitative estimate of drug-likeness (QED) is 0.577. The number of benzene rings is 2. The molecule has 8 heteroatoms. The fraction of sp³-hybridized carbons (Fsp3) is 0.370. The summed E-state index contributed by atoms with van der Waals surface area (Å²) in [7, 11) is 1.61. The summed E-state index contributed by atoms with van der Waals surface area (Å²) in [6.45, 7) is 1.25. The second kappa shape index (κ2) is 11.1. The third-order valence-corrected chi connectivity index (χ3v) is 6.47. The monoisotopic (exact) mass is 474 g/mol. The van der Waals surface area contributed by atoms with Crippen molar-refractivity contribution in [1.29, 1.82) is 0 Å². The number of methoxy groups -OCH3 is 1. The van der Waals surface area contributed by atoms with Crippen LogP contribution in [0.15, 0.2) is 48.5 Å². The number of carbonyl (C=O) groups excluding carboxylic acids is 3. The molecule has 8 nitrogen and oxygen atoms in total. The summed E-state index contributed by atoms with van der Waals surface area (Å²) in [6.07, 6.45) is 6.22. The molecule has 3 atom stereocenters. The number of hydrogen-bond acceptors (Lipinski definition) is 5. The molecule has 4 rings (SSSR count). The largest absolute Gasteiger partial charge is 0.497 e. The van der Waals surface area contributed by atoms with E-state index in [0.717, 1.165) is 22.4 Å². The third kappa shape index (κ3) is 6.00. The lowest BCUT2D eigenvalue weighted by atomic mass is 10.0. The topological polar surface area (TPSA) is 99.8 Å². The molecule has 2 heterocycles. The van der Waals surface area contributed by atoms with Crippen LogP contribution < -0.4 is 20.7 Å². The smallest absolute Gasteiger partial charge is 0.243 e. The molecule has 2 aliphatic heterocycles. The summed E-state index contributed by atoms with van der Waals surface area (Å²) < 4.78 is 5.33. The molecule has 3 N–H and O–H groups in total. The number of nitrogens with one attached hydrogen (secondary N) is 3. The molecule has 0 radical (unpaired) electrons. The molecule has 0 saturated carbocycles. The molecular weight excluding hydrogens is 444 g/mol. The fourth-order valence-electron chi connectivity index (χ4n) is 4.72. The van der Waals surface area contributed by atoms with E-state index in [2.05, 4.69) is 21.9 Å². The Morgan fingerprint density at radius 2 is 1.86 bits per heavy atom. The SMILES string of the molecule is C#CC[C@H]1NC(=O)[C@@H]2C[C@H](CN2Cc2cccc(OC)c2)NC(=O)Cc2ccccc2CNC1=O. The molecule has 0 aliphatic carbocycles. The third-order valence-electron chi connectivity index (χ3n) is 6.47. The number of carbonyl (C=O) groups is 3. The number of likely N-dealkylation sites (tertiary alicyclic amines) is 1. The predicted octanol–water partition coefficient (Wildman–Crippen LogP) is 1.13. The molecule has 2 bridgehead atoms. The van der Waals surface area contributed by atoms with Crippen LogP contribution in [0.3, 0.4) is 0 Å². The number of nitrogens with zero attached hydrogens (tertiary/aromatic N) is 1. The number of amides is 3. The van der Waals surface area contributed by atoms with E-state index in [1.807, 2.05) is 53.4 Å². The van der Waals surface area contributed by atoms with Crippen molar-refractivity contribution in [3.05, 3.63) is 65.2 Å². The van der Waals surface area contributed by atoms with E-state index < -0.39 is 12.1 Å². The van der Waals surface area contributed by atoms with Crippen molar-refractivity contribution in [3.8, 4) is 18.1 Å². The Bertz CT molecular complexity index is 1140. The summed E-state index contributed by atoms with van der Waals surface area (Å²) in [5.74, 6) is 2.49. The highest BCUT2D eigenvalue weighted by Gasteiger charge is 2.38. The van der Waals surface area contributed by atoms with Crippen LogP contribution in [0.1, 0.15) is 29.5 Å². The number of rotatable bonds is 4. The molecule has 0 spiro atoms. The first kappa shape index (κ1) is 24.3. The van der Waals surface area contributed by atoms with Gasteiger partial charge >= 0.3 is 0 Å². The molecule has 2 aromatic rings. The second-order valence-electron chi connectivity index (χ2n) is 8.93. The highest BCUT2D eigenvalue weighted by Crippen LogP contribution is 2.23. The Labute approximate surface area is 205 Å². The van der Waals surface area contributed by atoms with Gasteiger partial charge in [0.15, 0.2) is 0 Å². The molecule has 2 aromatic carbocycles. The second-order valence-corrected chi connectivity index (χ2v) is 8.93. The van der Waals surface area contributed by atoms with E-state index in [9.17, 15) is 14.4 Å². The van der Waals surface area contributed by atoms with E-state index in [4.69, 9.17) is 11.2 Å². The first-order valence-electron chi connectivity index (χ1n) is 11.7. The summed E-state index contributed by atoms with van der Waals surface area (Å²) >= 11 is 0. The van der Waals surface area contributed by atoms with E-state index in [-0.39, 0.29) is 43.1 Å². The molecule has 0 unspecified atom stereocenters. The van der Waals surface area contributed by atoms with Crippen LogP contribution in [0.4, 0.5) is 0 Å². The number of fused-ring (bicyclic) bond motifs is 3. The first-order valence-corrected chi connectivity index (χ1v) is 11.7. The van der Waals surface area contributed by atoms with Gasteiger partial charge in [0.1, 0.15) is 11.8 Å². The Balaban J connectivity index is 1.61. The summed E-state index contributed by atoms with van der Waals surface area (Å²) in [5, 5.41) is 8.81. The van der Waals surface area contributed by atoms with Crippen LogP contribution in [0.2, 0.25) is 0 Å². The van der Waals surface area contributed by atoms with Crippen molar-refractivity contribution in [2.45, 2.75) is 50.5 Å². The fourth-order valence-corrected chi connectivity index (χ4v) is 4.72. The molecule has 182 valence electrons. The number of hydrogen-bond donors (Lipinski definition) is 3. The maximum absolute atomic E-state index is 13.3. The van der Waals surface area contributed by atoms with Crippen molar-refractivity contribution in [2.75, 3.05) is 13.7 Å². The van der Waals surface area contributed by atoms with Gasteiger partial charge in [0, 0.05) is 32.1 Å². The zero-order valence-electron chi connectivity index (χ0n) is 19.8. The number of terminal acetylenes is 1. The Hall–Kier alpha value is -3.83. The lowest BCUT2D eigenvalue weighted by molar-refractivity contribution is -0.131. The van der Waals surface area contributed by atoms with Gasteiger partial charge in [-0.3, -0.25) is 19.3 Å². The van der Waals surface area contributed by atoms with Crippen LogP contribution in [0.5, 0.6) is 5.75 Å². The maximum Gasteiger partial charge on any atom is 0.243 e. The van der Waals surface area contributed by atoms with Crippen molar-refractivity contribution < 1.29 is 19.1 Å². The summed E-state index contributed by atoms with van der Waals surface area (Å²) in [4.78, 5) is 41.2. The minimum absolute atomic E-state index is 0.0853. The normalized spacial score (nSPS) is 23.2. The lowest BCUT2D eigenvalue weighted by Gasteiger charge is -2.25. The van der Waals surface area contributed by atoms with Gasteiger partial charge in [-0.25, -0.2) is 0 Å². The predicted molar refractivity (Wildman–Crippen MR) is 131 cm³/mol. The van der Waals surface area contributed by atoms with Crippen LogP contribution >= 0.6 is 0 Å². The van der Waals surface area contributed by atoms with E-state index in [0.29, 0.717) is 19.5 Å². The van der Waals surface area contributed by atoms with Crippen LogP contribution in [-0.4, -0.2) is 54.4 Å². The van der Waals surface area contributed by atoms with Crippen molar-refractivity contribution in [3.63, 3.8) is 0 Å². The highest BCUT2D eigenvalue weighted by molar-refractivity contribution is 5.90. The van der Waals surface area contributed by atoms with E-state index in [1.165, 1.54) is 0 Å². The zero-order valence-corrected chi connectivity index (χ0v) is 19.8. The Kier molecular flexibility index (Phi) is 7.68. The van der Waals surface area contributed by atoms with E-state index >= 15 is 0 Å². The van der Waals surface area contributed by atoms with Crippen LogP contribution in [-0.2, 0) is 33.9 Å². The standard InChI is InChI=1S/C27H30N4O4/c1-3-7-23-26(33)28-15-20-10-5-4-9-19(20)13-25(32)29-21-14-24(27(34)30-23)31(17-21)16-18-8-6-11-22(12-18)35-2/h1,4-6,8-12,21,23-24H,7,13-17H2,2H3,(H,28,33)(H,29,32)(H,30,34)/t21-,23-,24+/m1/s1. The molecule has 35 heavy (non-hydrogen) atoms. The van der Waals surface area contributed by atoms with Gasteiger partial charge in [0.05, 0.1) is 19.6 Å². The molecule has 2 aliphatic rings. The van der Waals surface area contributed by atoms with Crippen LogP contribution in [0.25, 0.3) is 0 Å². The average molecular weight is 475 g/mol. The molecule has 0 aromatic heterocycles. The molecule has 1 saturated heterocycles. The maximum atomic E-state index is 13.3. The first-order chi connectivity index (χ1) is 17.0. The van der Waals surface area contributed by atoms with Crippen molar-refractivity contribution >= 4 is 17.7 Å². The van der Waals surface area contributed by atoms with Crippen molar-refractivity contribution in [2.24, 2.45) is 0 Å². The molecule has 3 amide bonds. The lowest BCUT2D eigenvalue weighted by Crippen LogP contribution is -2.52. The van der Waals surface area contributed by atoms with Gasteiger partial charge in [0.25, 0.3) is 0 Å². The van der Waals surface area contributed by atoms with E-state index in [1.54, 1.807) is 7.11 Å². The molecule has 1 fully saturated rings. The minimum atomic E-state index is -0.838. The van der Waals surface area contributed by atoms with Gasteiger partial charge in [-0.1, -0.05) is 36.4 Å². The van der Waals surface area contributed by atoms with Gasteiger partial charge in [-0.2, -0.15) is 0 Å². The average Bonchev–Trinajstić information content (AvgIpc) is 3.24. The van der Waals surface area contributed by atoms with Gasteiger partial charge in [-0.05, 0) is 35.2 Å². The zero-order chi connectivity index (χ0) is 24.8. The molecular formula is C27H30N4O4. The number of ether oxygens (including phenoxy) is 1. The van der Waals surface area contributed by atoms with Gasteiger partial charge in [0.2, 0.25) is 17.7 Å². The van der Waals surface area contributed by atoms with Crippen LogP contribution in [0, 0.1) is 12.3 Å². The summed E-state index contributed by atoms with van der Waals surface area (Å²) in [6, 6.07) is 13.6. The minimum Gasteiger partial charge on any atom is -0.497 e. The van der Waals surface area contributed by atoms with Gasteiger partial charge in [-0.15, -0.1) is 12.3 Å². The Morgan fingerprint density at radius 3 is 2.63 bits per heavy atom. The summed E-state index contributed by atoms with van der Waals surface area (Å²) in [5.41, 5.74) is 2.68.